The Morgan fingerprint density at radius 2 is 1.56 bits per heavy atom. The van der Waals surface area contributed by atoms with Crippen LogP contribution in [0.3, 0.4) is 0 Å². The topological polar surface area (TPSA) is 22.3 Å². The van der Waals surface area contributed by atoms with Gasteiger partial charge in [-0.15, -0.1) is 4.57 Å². The van der Waals surface area contributed by atoms with Crippen molar-refractivity contribution in [3.8, 4) is 22.6 Å². The normalized spacial score (nSPS) is 14.7. The number of ether oxygens (including phenoxy) is 2. The molecule has 1 unspecified atom stereocenters. The first kappa shape index (κ1) is 15.6. The van der Waals surface area contributed by atoms with Gasteiger partial charge in [0.25, 0.3) is 5.52 Å². The van der Waals surface area contributed by atoms with Crippen molar-refractivity contribution < 1.29 is 14.0 Å². The lowest BCUT2D eigenvalue weighted by atomic mass is 10.0. The van der Waals surface area contributed by atoms with E-state index in [0.717, 1.165) is 39.1 Å². The van der Waals surface area contributed by atoms with Gasteiger partial charge < -0.3 is 9.47 Å². The fraction of sp³-hybridized carbons (Fsp3) is 0.0417. The number of aromatic nitrogens is 1. The van der Waals surface area contributed by atoms with Crippen molar-refractivity contribution in [2.45, 2.75) is 6.41 Å². The van der Waals surface area contributed by atoms with Crippen molar-refractivity contribution in [3.63, 3.8) is 0 Å². The lowest BCUT2D eigenvalue weighted by molar-refractivity contribution is -0.754. The molecular formula is C24H18NO2+. The minimum absolute atomic E-state index is 0.496. The van der Waals surface area contributed by atoms with Crippen LogP contribution in [-0.4, -0.2) is 0 Å². The summed E-state index contributed by atoms with van der Waals surface area (Å²) in [6.45, 7) is 3.79. The summed E-state index contributed by atoms with van der Waals surface area (Å²) < 4.78 is 14.1. The average Bonchev–Trinajstić information content (AvgIpc) is 3.08. The summed E-state index contributed by atoms with van der Waals surface area (Å²) >= 11 is 0. The van der Waals surface area contributed by atoms with Gasteiger partial charge in [-0.1, -0.05) is 55.1 Å². The summed E-state index contributed by atoms with van der Waals surface area (Å²) in [6, 6.07) is 26.5. The molecule has 0 spiro atoms. The van der Waals surface area contributed by atoms with Gasteiger partial charge in [-0.2, -0.15) is 0 Å². The summed E-state index contributed by atoms with van der Waals surface area (Å²) in [6.07, 6.45) is 3.33. The van der Waals surface area contributed by atoms with Crippen molar-refractivity contribution in [2.24, 2.45) is 0 Å². The summed E-state index contributed by atoms with van der Waals surface area (Å²) in [5.41, 5.74) is 4.48. The first-order valence-corrected chi connectivity index (χ1v) is 8.91. The highest BCUT2D eigenvalue weighted by atomic mass is 16.7. The van der Waals surface area contributed by atoms with Gasteiger partial charge in [0.05, 0.1) is 5.39 Å². The van der Waals surface area contributed by atoms with Crippen LogP contribution in [0, 0.1) is 0 Å². The van der Waals surface area contributed by atoms with Gasteiger partial charge in [-0.05, 0) is 47.0 Å². The van der Waals surface area contributed by atoms with Gasteiger partial charge in [0.1, 0.15) is 5.75 Å². The fourth-order valence-electron chi connectivity index (χ4n) is 3.44. The summed E-state index contributed by atoms with van der Waals surface area (Å²) in [4.78, 5) is 0. The Labute approximate surface area is 157 Å². The molecule has 4 aromatic rings. The van der Waals surface area contributed by atoms with Crippen molar-refractivity contribution in [3.05, 3.63) is 97.2 Å². The predicted molar refractivity (Wildman–Crippen MR) is 106 cm³/mol. The second-order valence-corrected chi connectivity index (χ2v) is 6.50. The number of nitrogens with zero attached hydrogens (tertiary/aromatic N) is 1. The lowest BCUT2D eigenvalue weighted by Gasteiger charge is -2.10. The number of hydrogen-bond acceptors (Lipinski definition) is 2. The second-order valence-electron chi connectivity index (χ2n) is 6.50. The number of pyridine rings is 1. The van der Waals surface area contributed by atoms with Crippen LogP contribution in [0.15, 0.2) is 91.6 Å². The Bertz CT molecular complexity index is 1130. The molecule has 5 rings (SSSR count). The van der Waals surface area contributed by atoms with Crippen LogP contribution in [0.2, 0.25) is 0 Å². The highest BCUT2D eigenvalue weighted by Crippen LogP contribution is 2.32. The minimum atomic E-state index is -0.496. The average molecular weight is 352 g/mol. The maximum atomic E-state index is 6.10. The van der Waals surface area contributed by atoms with Gasteiger partial charge >= 0.3 is 6.41 Å². The SMILES string of the molecule is C=Cc1ccc(-c2ccc(OC3Oc4cccc5ccc[n+]3c45)cc2)cc1. The first-order valence-electron chi connectivity index (χ1n) is 8.91. The van der Waals surface area contributed by atoms with Crippen LogP contribution >= 0.6 is 0 Å². The van der Waals surface area contributed by atoms with E-state index in [9.17, 15) is 0 Å². The third kappa shape index (κ3) is 2.74. The molecule has 3 aromatic carbocycles. The Balaban J connectivity index is 1.39. The molecule has 0 radical (unpaired) electrons. The van der Waals surface area contributed by atoms with E-state index in [2.05, 4.69) is 55.1 Å². The molecule has 27 heavy (non-hydrogen) atoms. The van der Waals surface area contributed by atoms with E-state index in [1.54, 1.807) is 0 Å². The first-order chi connectivity index (χ1) is 13.3. The molecular weight excluding hydrogens is 334 g/mol. The number of para-hydroxylation sites is 1. The highest BCUT2D eigenvalue weighted by molar-refractivity contribution is 5.81. The molecule has 0 fully saturated rings. The van der Waals surface area contributed by atoms with Crippen LogP contribution in [-0.2, 0) is 0 Å². The lowest BCUT2D eigenvalue weighted by Crippen LogP contribution is -2.41. The molecule has 1 aromatic heterocycles. The Hall–Kier alpha value is -3.59. The van der Waals surface area contributed by atoms with Crippen LogP contribution in [0.5, 0.6) is 11.5 Å². The zero-order chi connectivity index (χ0) is 18.2. The largest absolute Gasteiger partial charge is 0.468 e. The van der Waals surface area contributed by atoms with Crippen molar-refractivity contribution >= 4 is 17.0 Å². The molecule has 1 aliphatic rings. The zero-order valence-corrected chi connectivity index (χ0v) is 14.7. The number of hydrogen-bond donors (Lipinski definition) is 0. The summed E-state index contributed by atoms with van der Waals surface area (Å²) in [5.74, 6) is 1.61. The van der Waals surface area contributed by atoms with E-state index in [1.807, 2.05) is 47.2 Å². The molecule has 1 atom stereocenters. The standard InChI is InChI=1S/C24H18NO2/c1-2-17-8-10-18(11-9-17)19-12-14-21(15-13-19)26-24-25-16-4-6-20-5-3-7-22(27-24)23(20)25/h2-16,24H,1H2/q+1. The fourth-order valence-corrected chi connectivity index (χ4v) is 3.44. The maximum Gasteiger partial charge on any atom is 0.468 e. The zero-order valence-electron chi connectivity index (χ0n) is 14.7. The van der Waals surface area contributed by atoms with Crippen molar-refractivity contribution in [1.82, 2.24) is 0 Å². The van der Waals surface area contributed by atoms with Gasteiger partial charge in [0.15, 0.2) is 6.20 Å². The third-order valence-corrected chi connectivity index (χ3v) is 4.84. The molecule has 1 aliphatic heterocycles. The molecule has 3 nitrogen and oxygen atoms in total. The molecule has 0 saturated carbocycles. The monoisotopic (exact) mass is 352 g/mol. The third-order valence-electron chi connectivity index (χ3n) is 4.84. The Morgan fingerprint density at radius 3 is 2.30 bits per heavy atom. The van der Waals surface area contributed by atoms with Crippen LogP contribution in [0.25, 0.3) is 28.1 Å². The quantitative estimate of drug-likeness (QED) is 0.461. The van der Waals surface area contributed by atoms with E-state index in [1.165, 1.54) is 0 Å². The molecule has 0 amide bonds. The van der Waals surface area contributed by atoms with Crippen LogP contribution in [0.4, 0.5) is 0 Å². The molecule has 130 valence electrons. The number of rotatable bonds is 4. The molecule has 2 heterocycles. The predicted octanol–water partition coefficient (Wildman–Crippen LogP) is 5.36. The van der Waals surface area contributed by atoms with Crippen molar-refractivity contribution in [1.29, 1.82) is 0 Å². The van der Waals surface area contributed by atoms with Gasteiger partial charge in [-0.3, -0.25) is 0 Å². The van der Waals surface area contributed by atoms with Crippen LogP contribution in [0.1, 0.15) is 12.0 Å². The Kier molecular flexibility index (Phi) is 3.65. The summed E-state index contributed by atoms with van der Waals surface area (Å²) in [7, 11) is 0. The van der Waals surface area contributed by atoms with E-state index in [0.29, 0.717) is 0 Å². The van der Waals surface area contributed by atoms with Crippen LogP contribution < -0.4 is 14.0 Å². The van der Waals surface area contributed by atoms with E-state index >= 15 is 0 Å². The molecule has 3 heteroatoms. The highest BCUT2D eigenvalue weighted by Gasteiger charge is 2.35. The van der Waals surface area contributed by atoms with Gasteiger partial charge in [0.2, 0.25) is 5.75 Å². The second kappa shape index (κ2) is 6.29. The van der Waals surface area contributed by atoms with Crippen molar-refractivity contribution in [2.75, 3.05) is 0 Å². The number of benzene rings is 3. The van der Waals surface area contributed by atoms with E-state index in [4.69, 9.17) is 9.47 Å². The van der Waals surface area contributed by atoms with Gasteiger partial charge in [0, 0.05) is 6.07 Å². The maximum absolute atomic E-state index is 6.10. The molecule has 0 N–H and O–H groups in total. The van der Waals surface area contributed by atoms with Gasteiger partial charge in [-0.25, -0.2) is 0 Å². The Morgan fingerprint density at radius 1 is 0.852 bits per heavy atom. The summed E-state index contributed by atoms with van der Waals surface area (Å²) in [5, 5.41) is 1.14. The minimum Gasteiger partial charge on any atom is -0.402 e. The van der Waals surface area contributed by atoms with E-state index in [-0.39, 0.29) is 0 Å². The molecule has 0 bridgehead atoms. The molecule has 0 saturated heterocycles. The smallest absolute Gasteiger partial charge is 0.402 e. The molecule has 0 aliphatic carbocycles. The van der Waals surface area contributed by atoms with E-state index < -0.39 is 6.41 Å².